The van der Waals surface area contributed by atoms with Gasteiger partial charge in [0, 0.05) is 18.5 Å². The lowest BCUT2D eigenvalue weighted by molar-refractivity contribution is 0.111. The predicted molar refractivity (Wildman–Crippen MR) is 73.8 cm³/mol. The van der Waals surface area contributed by atoms with Crippen LogP contribution in [0.1, 0.15) is 49.1 Å². The molecule has 1 unspecified atom stereocenters. The van der Waals surface area contributed by atoms with E-state index in [9.17, 15) is 0 Å². The summed E-state index contributed by atoms with van der Waals surface area (Å²) in [6.45, 7) is 10.3. The number of methoxy groups -OCH3 is 1. The Labute approximate surface area is 110 Å². The largest absolute Gasteiger partial charge is 0.374 e. The van der Waals surface area contributed by atoms with Gasteiger partial charge < -0.3 is 10.1 Å². The molecular weight excluding hydrogens is 226 g/mol. The Morgan fingerprint density at radius 1 is 1.17 bits per heavy atom. The van der Waals surface area contributed by atoms with Gasteiger partial charge >= 0.3 is 0 Å². The summed E-state index contributed by atoms with van der Waals surface area (Å²) in [6, 6.07) is 0. The Morgan fingerprint density at radius 3 is 2.28 bits per heavy atom. The van der Waals surface area contributed by atoms with Crippen molar-refractivity contribution in [2.24, 2.45) is 0 Å². The topological polar surface area (TPSA) is 47.0 Å². The first-order valence-corrected chi connectivity index (χ1v) is 6.67. The van der Waals surface area contributed by atoms with Gasteiger partial charge in [0.15, 0.2) is 5.82 Å². The van der Waals surface area contributed by atoms with Crippen LogP contribution in [0.15, 0.2) is 0 Å². The smallest absolute Gasteiger partial charge is 0.157 e. The molecule has 18 heavy (non-hydrogen) atoms. The molecule has 0 aromatic carbocycles. The summed E-state index contributed by atoms with van der Waals surface area (Å²) in [6.07, 6.45) is 2.10. The van der Waals surface area contributed by atoms with E-state index in [-0.39, 0.29) is 6.10 Å². The quantitative estimate of drug-likeness (QED) is 0.756. The lowest BCUT2D eigenvalue weighted by atomic mass is 10.1. The summed E-state index contributed by atoms with van der Waals surface area (Å²) in [5.41, 5.74) is 3.39. The van der Waals surface area contributed by atoms with E-state index >= 15 is 0 Å². The standard InChI is InChI=1S/C14H25N3O/c1-6-8-15-9-7-13-10(2)16-14(12(4)18-5)17-11(13)3/h12,15H,6-9H2,1-5H3. The monoisotopic (exact) mass is 251 g/mol. The number of aryl methyl sites for hydroxylation is 2. The van der Waals surface area contributed by atoms with Gasteiger partial charge in [-0.1, -0.05) is 6.92 Å². The number of rotatable bonds is 7. The molecule has 0 radical (unpaired) electrons. The molecule has 0 aliphatic carbocycles. The molecule has 4 heteroatoms. The Bertz CT molecular complexity index is 356. The first-order valence-electron chi connectivity index (χ1n) is 6.67. The van der Waals surface area contributed by atoms with Crippen LogP contribution in [-0.2, 0) is 11.2 Å². The molecule has 4 nitrogen and oxygen atoms in total. The van der Waals surface area contributed by atoms with E-state index in [4.69, 9.17) is 4.74 Å². The Hall–Kier alpha value is -1.00. The molecule has 0 spiro atoms. The second-order valence-electron chi connectivity index (χ2n) is 4.61. The van der Waals surface area contributed by atoms with Crippen LogP contribution in [-0.4, -0.2) is 30.2 Å². The highest BCUT2D eigenvalue weighted by Gasteiger charge is 2.12. The normalized spacial score (nSPS) is 12.7. The van der Waals surface area contributed by atoms with E-state index in [0.717, 1.165) is 36.7 Å². The molecule has 1 N–H and O–H groups in total. The molecule has 0 aliphatic heterocycles. The summed E-state index contributed by atoms with van der Waals surface area (Å²) in [5, 5.41) is 3.41. The summed E-state index contributed by atoms with van der Waals surface area (Å²) in [5.74, 6) is 0.776. The third-order valence-corrected chi connectivity index (χ3v) is 3.13. The third kappa shape index (κ3) is 4.03. The molecule has 1 aromatic rings. The minimum atomic E-state index is -0.0466. The third-order valence-electron chi connectivity index (χ3n) is 3.13. The molecular formula is C14H25N3O. The van der Waals surface area contributed by atoms with Crippen LogP contribution in [0, 0.1) is 13.8 Å². The maximum Gasteiger partial charge on any atom is 0.157 e. The summed E-state index contributed by atoms with van der Waals surface area (Å²) in [4.78, 5) is 9.08. The van der Waals surface area contributed by atoms with Gasteiger partial charge in [-0.25, -0.2) is 9.97 Å². The SMILES string of the molecule is CCCNCCc1c(C)nc(C(C)OC)nc1C. The minimum absolute atomic E-state index is 0.0466. The molecule has 0 saturated heterocycles. The van der Waals surface area contributed by atoms with Crippen molar-refractivity contribution in [2.45, 2.75) is 46.6 Å². The van der Waals surface area contributed by atoms with E-state index < -0.39 is 0 Å². The van der Waals surface area contributed by atoms with Crippen LogP contribution in [0.25, 0.3) is 0 Å². The average molecular weight is 251 g/mol. The molecule has 1 rings (SSSR count). The van der Waals surface area contributed by atoms with Crippen LogP contribution in [0.3, 0.4) is 0 Å². The van der Waals surface area contributed by atoms with Crippen molar-refractivity contribution >= 4 is 0 Å². The summed E-state index contributed by atoms with van der Waals surface area (Å²) >= 11 is 0. The fourth-order valence-electron chi connectivity index (χ4n) is 1.93. The molecule has 0 bridgehead atoms. The fourth-order valence-corrected chi connectivity index (χ4v) is 1.93. The second kappa shape index (κ2) is 7.44. The first kappa shape index (κ1) is 15.1. The van der Waals surface area contributed by atoms with Gasteiger partial charge in [0.05, 0.1) is 0 Å². The summed E-state index contributed by atoms with van der Waals surface area (Å²) < 4.78 is 5.26. The molecule has 1 heterocycles. The molecule has 0 amide bonds. The van der Waals surface area contributed by atoms with Crippen molar-refractivity contribution in [1.29, 1.82) is 0 Å². The van der Waals surface area contributed by atoms with Gasteiger partial charge in [0.2, 0.25) is 0 Å². The van der Waals surface area contributed by atoms with E-state index in [2.05, 4.69) is 36.1 Å². The number of aromatic nitrogens is 2. The van der Waals surface area contributed by atoms with E-state index in [0.29, 0.717) is 0 Å². The highest BCUT2D eigenvalue weighted by atomic mass is 16.5. The van der Waals surface area contributed by atoms with E-state index in [1.54, 1.807) is 7.11 Å². The van der Waals surface area contributed by atoms with Gasteiger partial charge in [0.1, 0.15) is 6.10 Å². The molecule has 0 aliphatic rings. The van der Waals surface area contributed by atoms with Crippen molar-refractivity contribution in [2.75, 3.05) is 20.2 Å². The zero-order chi connectivity index (χ0) is 13.5. The maximum atomic E-state index is 5.26. The molecule has 1 atom stereocenters. The molecule has 0 saturated carbocycles. The van der Waals surface area contributed by atoms with Gasteiger partial charge in [-0.2, -0.15) is 0 Å². The maximum absolute atomic E-state index is 5.26. The Morgan fingerprint density at radius 2 is 1.78 bits per heavy atom. The van der Waals surface area contributed by atoms with Gasteiger partial charge in [-0.15, -0.1) is 0 Å². The highest BCUT2D eigenvalue weighted by molar-refractivity contribution is 5.25. The average Bonchev–Trinajstić information content (AvgIpc) is 2.35. The molecule has 1 aromatic heterocycles. The number of hydrogen-bond acceptors (Lipinski definition) is 4. The van der Waals surface area contributed by atoms with Gasteiger partial charge in [-0.3, -0.25) is 0 Å². The number of hydrogen-bond donors (Lipinski definition) is 1. The van der Waals surface area contributed by atoms with Crippen molar-refractivity contribution in [3.63, 3.8) is 0 Å². The van der Waals surface area contributed by atoms with Crippen LogP contribution in [0.5, 0.6) is 0 Å². The van der Waals surface area contributed by atoms with Crippen molar-refractivity contribution in [1.82, 2.24) is 15.3 Å². The number of nitrogens with zero attached hydrogens (tertiary/aromatic N) is 2. The lowest BCUT2D eigenvalue weighted by Crippen LogP contribution is -2.19. The highest BCUT2D eigenvalue weighted by Crippen LogP contribution is 2.16. The van der Waals surface area contributed by atoms with E-state index in [1.165, 1.54) is 12.0 Å². The molecule has 102 valence electrons. The lowest BCUT2D eigenvalue weighted by Gasteiger charge is -2.14. The Balaban J connectivity index is 2.75. The zero-order valence-electron chi connectivity index (χ0n) is 12.2. The van der Waals surface area contributed by atoms with E-state index in [1.807, 2.05) is 6.92 Å². The van der Waals surface area contributed by atoms with Crippen LogP contribution in [0.4, 0.5) is 0 Å². The predicted octanol–water partition coefficient (Wildman–Crippen LogP) is 2.34. The van der Waals surface area contributed by atoms with Crippen LogP contribution >= 0.6 is 0 Å². The second-order valence-corrected chi connectivity index (χ2v) is 4.61. The van der Waals surface area contributed by atoms with Gasteiger partial charge in [0.25, 0.3) is 0 Å². The first-order chi connectivity index (χ1) is 8.60. The number of nitrogens with one attached hydrogen (secondary N) is 1. The zero-order valence-corrected chi connectivity index (χ0v) is 12.2. The summed E-state index contributed by atoms with van der Waals surface area (Å²) in [7, 11) is 1.68. The number of ether oxygens (including phenoxy) is 1. The fraction of sp³-hybridized carbons (Fsp3) is 0.714. The van der Waals surface area contributed by atoms with Crippen LogP contribution in [0.2, 0.25) is 0 Å². The minimum Gasteiger partial charge on any atom is -0.374 e. The van der Waals surface area contributed by atoms with Crippen molar-refractivity contribution in [3.05, 3.63) is 22.8 Å². The van der Waals surface area contributed by atoms with Crippen molar-refractivity contribution in [3.8, 4) is 0 Å². The Kier molecular flexibility index (Phi) is 6.22. The van der Waals surface area contributed by atoms with Gasteiger partial charge in [-0.05, 0) is 52.3 Å². The van der Waals surface area contributed by atoms with Crippen molar-refractivity contribution < 1.29 is 4.74 Å². The van der Waals surface area contributed by atoms with Crippen LogP contribution < -0.4 is 5.32 Å². The molecule has 0 fully saturated rings.